The van der Waals surface area contributed by atoms with Crippen molar-refractivity contribution in [2.75, 3.05) is 26.4 Å². The number of unbranched alkanes of at least 4 members (excludes halogenated alkanes) is 20. The molecule has 2 fully saturated rings. The highest BCUT2D eigenvalue weighted by Crippen LogP contribution is 2.26. The molecule has 0 aromatic heterocycles. The summed E-state index contributed by atoms with van der Waals surface area (Å²) < 4.78 is 33.6. The van der Waals surface area contributed by atoms with Crippen LogP contribution >= 0.6 is 0 Å². The van der Waals surface area contributed by atoms with Gasteiger partial charge in [0, 0.05) is 12.8 Å². The standard InChI is InChI=1S/C55H96O15/c1-3-5-7-9-11-13-15-17-19-20-21-22-24-25-27-29-31-33-35-37-46(57)65-40-43(68-47(58)38-36-34-32-30-28-26-23-18-16-14-12-10-8-6-4-2)41-66-54-53(64)51(62)49(60)45(70-54)42-67-55-52(63)50(61)48(59)44(39-56)69-55/h6,8,12,14,18,23,28,30,43-45,48-56,59-64H,3-5,7,9-11,13,15-17,19-22,24-27,29,31-42H2,1-2H3/b8-6-,14-12-,23-18-,30-28-. The first-order valence-corrected chi connectivity index (χ1v) is 27.2. The maximum Gasteiger partial charge on any atom is 0.306 e. The van der Waals surface area contributed by atoms with Crippen molar-refractivity contribution in [1.82, 2.24) is 0 Å². The highest BCUT2D eigenvalue weighted by Gasteiger charge is 2.47. The summed E-state index contributed by atoms with van der Waals surface area (Å²) in [7, 11) is 0. The van der Waals surface area contributed by atoms with Crippen molar-refractivity contribution in [3.63, 3.8) is 0 Å². The largest absolute Gasteiger partial charge is 0.462 e. The number of carbonyl (C=O) groups excluding carboxylic acids is 2. The second-order valence-corrected chi connectivity index (χ2v) is 19.0. The van der Waals surface area contributed by atoms with Gasteiger partial charge in [0.1, 0.15) is 55.4 Å². The predicted molar refractivity (Wildman–Crippen MR) is 270 cm³/mol. The summed E-state index contributed by atoms with van der Waals surface area (Å²) in [5, 5.41) is 72.1. The molecule has 0 saturated carbocycles. The Morgan fingerprint density at radius 2 is 0.900 bits per heavy atom. The third kappa shape index (κ3) is 29.2. The molecule has 2 saturated heterocycles. The SMILES string of the molecule is CC/C=C\C/C=C\C/C=C\C/C=C\CCCCC(=O)OC(COC(=O)CCCCCCCCCCCCCCCCCCCCC)COC1OC(COC2OC(CO)C(O)C(O)C2O)C(O)C(O)C1O. The van der Waals surface area contributed by atoms with Gasteiger partial charge in [-0.1, -0.05) is 178 Å². The lowest BCUT2D eigenvalue weighted by Gasteiger charge is -2.42. The Morgan fingerprint density at radius 3 is 1.41 bits per heavy atom. The van der Waals surface area contributed by atoms with E-state index in [2.05, 4.69) is 62.5 Å². The van der Waals surface area contributed by atoms with E-state index in [1.54, 1.807) is 0 Å². The summed E-state index contributed by atoms with van der Waals surface area (Å²) in [6, 6.07) is 0. The van der Waals surface area contributed by atoms with E-state index in [0.717, 1.165) is 57.8 Å². The molecule has 0 aliphatic carbocycles. The van der Waals surface area contributed by atoms with Crippen LogP contribution in [0.4, 0.5) is 0 Å². The van der Waals surface area contributed by atoms with Gasteiger partial charge in [0.25, 0.3) is 0 Å². The Labute approximate surface area is 420 Å². The van der Waals surface area contributed by atoms with Crippen molar-refractivity contribution in [2.45, 2.75) is 261 Å². The minimum absolute atomic E-state index is 0.113. The van der Waals surface area contributed by atoms with Crippen LogP contribution in [0.25, 0.3) is 0 Å². The molecule has 70 heavy (non-hydrogen) atoms. The van der Waals surface area contributed by atoms with E-state index in [1.165, 1.54) is 96.3 Å². The lowest BCUT2D eigenvalue weighted by Crippen LogP contribution is -2.61. The second kappa shape index (κ2) is 41.9. The van der Waals surface area contributed by atoms with Gasteiger partial charge in [-0.25, -0.2) is 0 Å². The first kappa shape index (κ1) is 63.6. The molecule has 0 spiro atoms. The number of esters is 2. The number of rotatable bonds is 42. The molecular weight excluding hydrogens is 901 g/mol. The van der Waals surface area contributed by atoms with Gasteiger partial charge in [-0.2, -0.15) is 0 Å². The van der Waals surface area contributed by atoms with Gasteiger partial charge in [0.15, 0.2) is 18.7 Å². The third-order valence-corrected chi connectivity index (χ3v) is 12.8. The van der Waals surface area contributed by atoms with Crippen molar-refractivity contribution in [2.24, 2.45) is 0 Å². The molecule has 7 N–H and O–H groups in total. The first-order valence-electron chi connectivity index (χ1n) is 27.2. The van der Waals surface area contributed by atoms with E-state index in [9.17, 15) is 45.3 Å². The highest BCUT2D eigenvalue weighted by molar-refractivity contribution is 5.70. The van der Waals surface area contributed by atoms with Crippen LogP contribution in [0.2, 0.25) is 0 Å². The van der Waals surface area contributed by atoms with Crippen LogP contribution in [-0.4, -0.2) is 142 Å². The maximum absolute atomic E-state index is 13.0. The Hall–Kier alpha value is -2.54. The average molecular weight is 997 g/mol. The fraction of sp³-hybridized carbons (Fsp3) is 0.818. The van der Waals surface area contributed by atoms with Crippen LogP contribution in [0.1, 0.15) is 194 Å². The van der Waals surface area contributed by atoms with Crippen molar-refractivity contribution in [3.05, 3.63) is 48.6 Å². The quantitative estimate of drug-likeness (QED) is 0.0173. The summed E-state index contributed by atoms with van der Waals surface area (Å²) in [6.07, 6.45) is 30.0. The number of hydrogen-bond donors (Lipinski definition) is 7. The molecule has 11 unspecified atom stereocenters. The topological polar surface area (TPSA) is 231 Å². The van der Waals surface area contributed by atoms with E-state index in [0.29, 0.717) is 12.8 Å². The first-order chi connectivity index (χ1) is 34.0. The Balaban J connectivity index is 1.79. The second-order valence-electron chi connectivity index (χ2n) is 19.0. The fourth-order valence-corrected chi connectivity index (χ4v) is 8.38. The zero-order valence-corrected chi connectivity index (χ0v) is 43.0. The summed E-state index contributed by atoms with van der Waals surface area (Å²) in [5.74, 6) is -0.969. The van der Waals surface area contributed by atoms with Crippen LogP contribution < -0.4 is 0 Å². The van der Waals surface area contributed by atoms with Crippen LogP contribution in [0.5, 0.6) is 0 Å². The number of hydrogen-bond acceptors (Lipinski definition) is 15. The molecule has 2 aliphatic rings. The summed E-state index contributed by atoms with van der Waals surface area (Å²) >= 11 is 0. The van der Waals surface area contributed by atoms with Crippen molar-refractivity contribution in [3.8, 4) is 0 Å². The van der Waals surface area contributed by atoms with Crippen molar-refractivity contribution in [1.29, 1.82) is 0 Å². The fourth-order valence-electron chi connectivity index (χ4n) is 8.38. The molecule has 2 aliphatic heterocycles. The molecule has 15 nitrogen and oxygen atoms in total. The van der Waals surface area contributed by atoms with Crippen LogP contribution in [0, 0.1) is 0 Å². The minimum atomic E-state index is -1.77. The summed E-state index contributed by atoms with van der Waals surface area (Å²) in [6.45, 7) is 2.45. The number of allylic oxidation sites excluding steroid dienone is 8. The van der Waals surface area contributed by atoms with E-state index in [-0.39, 0.29) is 19.4 Å². The molecule has 406 valence electrons. The molecule has 0 amide bonds. The average Bonchev–Trinajstić information content (AvgIpc) is 3.35. The molecule has 0 bridgehead atoms. The lowest BCUT2D eigenvalue weighted by molar-refractivity contribution is -0.332. The van der Waals surface area contributed by atoms with E-state index >= 15 is 0 Å². The zero-order chi connectivity index (χ0) is 51.0. The third-order valence-electron chi connectivity index (χ3n) is 12.8. The van der Waals surface area contributed by atoms with Gasteiger partial charge >= 0.3 is 11.9 Å². The van der Waals surface area contributed by atoms with Crippen LogP contribution in [0.15, 0.2) is 48.6 Å². The molecule has 2 heterocycles. The molecule has 2 rings (SSSR count). The van der Waals surface area contributed by atoms with Gasteiger partial charge in [0.05, 0.1) is 19.8 Å². The maximum atomic E-state index is 13.0. The molecular formula is C55H96O15. The normalized spacial score (nSPS) is 25.7. The van der Waals surface area contributed by atoms with E-state index in [4.69, 9.17) is 28.4 Å². The monoisotopic (exact) mass is 997 g/mol. The van der Waals surface area contributed by atoms with Gasteiger partial charge in [0.2, 0.25) is 0 Å². The smallest absolute Gasteiger partial charge is 0.306 e. The minimum Gasteiger partial charge on any atom is -0.462 e. The van der Waals surface area contributed by atoms with Crippen molar-refractivity contribution < 1.29 is 73.8 Å². The number of ether oxygens (including phenoxy) is 6. The molecule has 11 atom stereocenters. The van der Waals surface area contributed by atoms with E-state index < -0.39 is 99.3 Å². The Bertz CT molecular complexity index is 1400. The summed E-state index contributed by atoms with van der Waals surface area (Å²) in [5.41, 5.74) is 0. The lowest BCUT2D eigenvalue weighted by atomic mass is 9.98. The van der Waals surface area contributed by atoms with Gasteiger partial charge in [-0.3, -0.25) is 9.59 Å². The van der Waals surface area contributed by atoms with Gasteiger partial charge < -0.3 is 64.2 Å². The van der Waals surface area contributed by atoms with Gasteiger partial charge in [-0.15, -0.1) is 0 Å². The van der Waals surface area contributed by atoms with Crippen LogP contribution in [0.3, 0.4) is 0 Å². The Morgan fingerprint density at radius 1 is 0.471 bits per heavy atom. The van der Waals surface area contributed by atoms with Crippen molar-refractivity contribution >= 4 is 11.9 Å². The number of carbonyl (C=O) groups is 2. The highest BCUT2D eigenvalue weighted by atomic mass is 16.7. The van der Waals surface area contributed by atoms with E-state index in [1.807, 2.05) is 0 Å². The number of aliphatic hydroxyl groups excluding tert-OH is 7. The summed E-state index contributed by atoms with van der Waals surface area (Å²) in [4.78, 5) is 25.8. The molecule has 0 radical (unpaired) electrons. The predicted octanol–water partition coefficient (Wildman–Crippen LogP) is 8.27. The Kier molecular flexibility index (Phi) is 38.0. The van der Waals surface area contributed by atoms with Crippen LogP contribution in [-0.2, 0) is 38.0 Å². The molecule has 0 aromatic rings. The molecule has 15 heteroatoms. The molecule has 0 aromatic carbocycles. The zero-order valence-electron chi connectivity index (χ0n) is 43.0. The number of aliphatic hydroxyl groups is 7. The van der Waals surface area contributed by atoms with Gasteiger partial charge in [-0.05, 0) is 51.4 Å².